The molecular formula is C15H23NO. The summed E-state index contributed by atoms with van der Waals surface area (Å²) >= 11 is 0. The Balaban J connectivity index is 1.67. The van der Waals surface area contributed by atoms with E-state index in [9.17, 15) is 0 Å². The van der Waals surface area contributed by atoms with Gasteiger partial charge in [0.2, 0.25) is 0 Å². The Morgan fingerprint density at radius 1 is 1.12 bits per heavy atom. The molecule has 0 heterocycles. The third-order valence-corrected chi connectivity index (χ3v) is 3.65. The second kappa shape index (κ2) is 6.65. The van der Waals surface area contributed by atoms with Crippen LogP contribution in [0.3, 0.4) is 0 Å². The smallest absolute Gasteiger partial charge is 0.119 e. The molecule has 0 amide bonds. The molecule has 0 radical (unpaired) electrons. The van der Waals surface area contributed by atoms with E-state index in [4.69, 9.17) is 4.74 Å². The van der Waals surface area contributed by atoms with E-state index in [0.29, 0.717) is 0 Å². The van der Waals surface area contributed by atoms with Gasteiger partial charge in [0.05, 0.1) is 0 Å². The van der Waals surface area contributed by atoms with Gasteiger partial charge in [-0.2, -0.15) is 0 Å². The summed E-state index contributed by atoms with van der Waals surface area (Å²) in [5, 5.41) is 0. The van der Waals surface area contributed by atoms with Gasteiger partial charge in [-0.15, -0.1) is 0 Å². The highest BCUT2D eigenvalue weighted by Crippen LogP contribution is 2.21. The average Bonchev–Trinajstić information content (AvgIpc) is 2.41. The number of hydrogen-bond acceptors (Lipinski definition) is 2. The van der Waals surface area contributed by atoms with Gasteiger partial charge in [-0.3, -0.25) is 0 Å². The molecule has 1 fully saturated rings. The van der Waals surface area contributed by atoms with Crippen molar-refractivity contribution in [2.24, 2.45) is 0 Å². The molecule has 2 rings (SSSR count). The van der Waals surface area contributed by atoms with Crippen molar-refractivity contribution in [2.75, 3.05) is 20.2 Å². The normalized spacial score (nSPS) is 17.3. The molecule has 94 valence electrons. The molecule has 0 N–H and O–H groups in total. The van der Waals surface area contributed by atoms with Crippen LogP contribution in [-0.2, 0) is 0 Å². The molecule has 0 atom stereocenters. The van der Waals surface area contributed by atoms with Crippen molar-refractivity contribution in [1.82, 2.24) is 4.90 Å². The highest BCUT2D eigenvalue weighted by atomic mass is 16.5. The lowest BCUT2D eigenvalue weighted by Gasteiger charge is -2.30. The molecule has 1 aliphatic carbocycles. The zero-order chi connectivity index (χ0) is 11.9. The van der Waals surface area contributed by atoms with Gasteiger partial charge in [0.25, 0.3) is 0 Å². The van der Waals surface area contributed by atoms with Gasteiger partial charge < -0.3 is 9.64 Å². The van der Waals surface area contributed by atoms with E-state index < -0.39 is 0 Å². The van der Waals surface area contributed by atoms with Crippen LogP contribution < -0.4 is 4.74 Å². The van der Waals surface area contributed by atoms with Crippen LogP contribution >= 0.6 is 0 Å². The molecule has 0 saturated heterocycles. The summed E-state index contributed by atoms with van der Waals surface area (Å²) in [5.74, 6) is 0.976. The van der Waals surface area contributed by atoms with Gasteiger partial charge in [0.1, 0.15) is 12.4 Å². The predicted octanol–water partition coefficient (Wildman–Crippen LogP) is 3.33. The number of para-hydroxylation sites is 1. The number of hydrogen-bond donors (Lipinski definition) is 0. The summed E-state index contributed by atoms with van der Waals surface area (Å²) in [4.78, 5) is 2.46. The van der Waals surface area contributed by atoms with Gasteiger partial charge in [-0.1, -0.05) is 37.5 Å². The Bertz CT molecular complexity index is 306. The lowest BCUT2D eigenvalue weighted by Crippen LogP contribution is -2.36. The maximum atomic E-state index is 5.73. The van der Waals surface area contributed by atoms with Gasteiger partial charge in [0.15, 0.2) is 0 Å². The summed E-state index contributed by atoms with van der Waals surface area (Å²) in [6.07, 6.45) is 6.94. The van der Waals surface area contributed by atoms with Crippen LogP contribution in [0.25, 0.3) is 0 Å². The highest BCUT2D eigenvalue weighted by Gasteiger charge is 2.17. The summed E-state index contributed by atoms with van der Waals surface area (Å²) in [5.41, 5.74) is 0. The third-order valence-electron chi connectivity index (χ3n) is 3.65. The zero-order valence-electron chi connectivity index (χ0n) is 10.8. The molecule has 2 heteroatoms. The molecule has 0 aromatic heterocycles. The number of nitrogens with zero attached hydrogens (tertiary/aromatic N) is 1. The summed E-state index contributed by atoms with van der Waals surface area (Å²) in [6.45, 7) is 1.82. The fraction of sp³-hybridized carbons (Fsp3) is 0.600. The molecule has 1 aromatic carbocycles. The lowest BCUT2D eigenvalue weighted by molar-refractivity contribution is 0.160. The summed E-state index contributed by atoms with van der Waals surface area (Å²) in [6, 6.07) is 10.9. The van der Waals surface area contributed by atoms with Gasteiger partial charge in [-0.05, 0) is 32.0 Å². The van der Waals surface area contributed by atoms with Crippen molar-refractivity contribution in [3.8, 4) is 5.75 Å². The van der Waals surface area contributed by atoms with Crippen LogP contribution in [0, 0.1) is 0 Å². The Morgan fingerprint density at radius 2 is 1.82 bits per heavy atom. The van der Waals surface area contributed by atoms with Gasteiger partial charge >= 0.3 is 0 Å². The second-order valence-electron chi connectivity index (χ2n) is 4.93. The van der Waals surface area contributed by atoms with Crippen LogP contribution in [-0.4, -0.2) is 31.1 Å². The maximum absolute atomic E-state index is 5.73. The first kappa shape index (κ1) is 12.4. The first-order valence-corrected chi connectivity index (χ1v) is 6.74. The van der Waals surface area contributed by atoms with Crippen molar-refractivity contribution in [3.63, 3.8) is 0 Å². The number of ether oxygens (including phenoxy) is 1. The summed E-state index contributed by atoms with van der Waals surface area (Å²) < 4.78 is 5.73. The monoisotopic (exact) mass is 233 g/mol. The van der Waals surface area contributed by atoms with Gasteiger partial charge in [0, 0.05) is 12.6 Å². The molecule has 1 aliphatic rings. The molecule has 0 aliphatic heterocycles. The predicted molar refractivity (Wildman–Crippen MR) is 71.4 cm³/mol. The summed E-state index contributed by atoms with van der Waals surface area (Å²) in [7, 11) is 2.23. The number of likely N-dealkylation sites (N-methyl/N-ethyl adjacent to an activating group) is 1. The lowest BCUT2D eigenvalue weighted by atomic mass is 9.94. The molecule has 1 saturated carbocycles. The van der Waals surface area contributed by atoms with E-state index in [1.165, 1.54) is 32.1 Å². The first-order chi connectivity index (χ1) is 8.36. The van der Waals surface area contributed by atoms with Crippen molar-refractivity contribution >= 4 is 0 Å². The van der Waals surface area contributed by atoms with Crippen molar-refractivity contribution in [2.45, 2.75) is 38.1 Å². The van der Waals surface area contributed by atoms with E-state index in [1.807, 2.05) is 30.3 Å². The van der Waals surface area contributed by atoms with E-state index in [0.717, 1.165) is 24.9 Å². The van der Waals surface area contributed by atoms with E-state index in [-0.39, 0.29) is 0 Å². The van der Waals surface area contributed by atoms with Crippen molar-refractivity contribution in [3.05, 3.63) is 30.3 Å². The molecule has 0 unspecified atom stereocenters. The highest BCUT2D eigenvalue weighted by molar-refractivity contribution is 5.20. The van der Waals surface area contributed by atoms with Crippen LogP contribution in [0.5, 0.6) is 5.75 Å². The van der Waals surface area contributed by atoms with Crippen molar-refractivity contribution in [1.29, 1.82) is 0 Å². The van der Waals surface area contributed by atoms with E-state index >= 15 is 0 Å². The van der Waals surface area contributed by atoms with Crippen LogP contribution in [0.2, 0.25) is 0 Å². The molecule has 17 heavy (non-hydrogen) atoms. The third kappa shape index (κ3) is 4.04. The Kier molecular flexibility index (Phi) is 4.87. The Hall–Kier alpha value is -1.02. The van der Waals surface area contributed by atoms with Crippen LogP contribution in [0.4, 0.5) is 0 Å². The fourth-order valence-corrected chi connectivity index (χ4v) is 2.53. The molecule has 1 aromatic rings. The molecule has 0 bridgehead atoms. The first-order valence-electron chi connectivity index (χ1n) is 6.74. The van der Waals surface area contributed by atoms with E-state index in [1.54, 1.807) is 0 Å². The van der Waals surface area contributed by atoms with Crippen LogP contribution in [0.1, 0.15) is 32.1 Å². The standard InChI is InChI=1S/C15H23NO/c1-16(14-8-4-2-5-9-14)12-13-17-15-10-6-3-7-11-15/h3,6-7,10-11,14H,2,4-5,8-9,12-13H2,1H3. The maximum Gasteiger partial charge on any atom is 0.119 e. The topological polar surface area (TPSA) is 12.5 Å². The van der Waals surface area contributed by atoms with Gasteiger partial charge in [-0.25, -0.2) is 0 Å². The molecule has 0 spiro atoms. The Labute approximate surface area is 105 Å². The quantitative estimate of drug-likeness (QED) is 0.773. The van der Waals surface area contributed by atoms with E-state index in [2.05, 4.69) is 11.9 Å². The molecular weight excluding hydrogens is 210 g/mol. The minimum Gasteiger partial charge on any atom is -0.492 e. The Morgan fingerprint density at radius 3 is 2.53 bits per heavy atom. The van der Waals surface area contributed by atoms with Crippen LogP contribution in [0.15, 0.2) is 30.3 Å². The zero-order valence-corrected chi connectivity index (χ0v) is 10.8. The second-order valence-corrected chi connectivity index (χ2v) is 4.93. The largest absolute Gasteiger partial charge is 0.492 e. The minimum absolute atomic E-state index is 0.781. The average molecular weight is 233 g/mol. The number of benzene rings is 1. The molecule has 2 nitrogen and oxygen atoms in total. The SMILES string of the molecule is CN(CCOc1ccccc1)C1CCCCC1. The number of rotatable bonds is 5. The fourth-order valence-electron chi connectivity index (χ4n) is 2.53. The van der Waals surface area contributed by atoms with Crippen molar-refractivity contribution < 1.29 is 4.74 Å². The minimum atomic E-state index is 0.781.